The van der Waals surface area contributed by atoms with Crippen molar-refractivity contribution in [3.05, 3.63) is 69.8 Å². The number of hydrogen-bond donors (Lipinski definition) is 4. The van der Waals surface area contributed by atoms with E-state index in [9.17, 15) is 24.8 Å². The second-order valence-electron chi connectivity index (χ2n) is 9.15. The molecule has 1 fully saturated rings. The van der Waals surface area contributed by atoms with Crippen molar-refractivity contribution in [3.8, 4) is 5.75 Å². The summed E-state index contributed by atoms with van der Waals surface area (Å²) in [6.45, 7) is 3.20. The number of nitrogens with two attached hydrogens (primary N) is 1. The molecular formula is C27H32N6O6. The number of nitro benzene ring substituents is 1. The summed E-state index contributed by atoms with van der Waals surface area (Å²) in [7, 11) is 0. The molecule has 2 aromatic rings. The summed E-state index contributed by atoms with van der Waals surface area (Å²) in [6, 6.07) is 11.2. The fourth-order valence-electron chi connectivity index (χ4n) is 4.31. The van der Waals surface area contributed by atoms with E-state index < -0.39 is 34.7 Å². The van der Waals surface area contributed by atoms with E-state index in [0.29, 0.717) is 11.7 Å². The summed E-state index contributed by atoms with van der Waals surface area (Å²) in [5, 5.41) is 38.3. The van der Waals surface area contributed by atoms with Crippen LogP contribution in [-0.2, 0) is 9.59 Å². The first kappa shape index (κ1) is 28.8. The number of carboxylic acid groups (broad SMARTS) is 1. The van der Waals surface area contributed by atoms with Gasteiger partial charge in [0.15, 0.2) is 5.75 Å². The van der Waals surface area contributed by atoms with Crippen molar-refractivity contribution in [3.63, 3.8) is 0 Å². The monoisotopic (exact) mass is 536 g/mol. The number of nitrogens with zero attached hydrogens (tertiary/aromatic N) is 4. The van der Waals surface area contributed by atoms with Crippen LogP contribution in [0.2, 0.25) is 0 Å². The van der Waals surface area contributed by atoms with E-state index in [-0.39, 0.29) is 24.7 Å². The highest BCUT2D eigenvalue weighted by atomic mass is 16.6. The van der Waals surface area contributed by atoms with Crippen LogP contribution < -0.4 is 10.6 Å². The topological polar surface area (TPSA) is 186 Å². The Morgan fingerprint density at radius 2 is 1.92 bits per heavy atom. The van der Waals surface area contributed by atoms with Crippen molar-refractivity contribution in [1.82, 2.24) is 4.90 Å². The van der Waals surface area contributed by atoms with Gasteiger partial charge in [0.1, 0.15) is 11.5 Å². The molecule has 1 amide bonds. The number of phenolic OH excluding ortho intramolecular Hbond substituents is 1. The molecule has 2 aromatic carbocycles. The minimum Gasteiger partial charge on any atom is -0.502 e. The first-order chi connectivity index (χ1) is 18.6. The summed E-state index contributed by atoms with van der Waals surface area (Å²) < 4.78 is 0. The van der Waals surface area contributed by atoms with E-state index in [0.717, 1.165) is 48.0 Å². The van der Waals surface area contributed by atoms with E-state index in [1.54, 1.807) is 19.1 Å². The van der Waals surface area contributed by atoms with Crippen molar-refractivity contribution >= 4 is 41.0 Å². The van der Waals surface area contributed by atoms with Gasteiger partial charge in [0.25, 0.3) is 0 Å². The van der Waals surface area contributed by atoms with Gasteiger partial charge in [-0.25, -0.2) is 0 Å². The molecule has 0 bridgehead atoms. The van der Waals surface area contributed by atoms with Gasteiger partial charge < -0.3 is 25.7 Å². The molecular weight excluding hydrogens is 504 g/mol. The Morgan fingerprint density at radius 1 is 1.23 bits per heavy atom. The number of aliphatic imine (C=N–C) groups is 1. The second kappa shape index (κ2) is 13.2. The molecule has 0 spiro atoms. The highest BCUT2D eigenvalue weighted by molar-refractivity contribution is 5.99. The maximum absolute atomic E-state index is 12.8. The number of carbonyl (C=O) groups excluding carboxylic acids is 1. The number of aromatic hydroxyl groups is 1. The number of amidine groups is 2. The molecule has 1 aliphatic rings. The third kappa shape index (κ3) is 7.87. The van der Waals surface area contributed by atoms with E-state index in [4.69, 9.17) is 16.2 Å². The summed E-state index contributed by atoms with van der Waals surface area (Å²) >= 11 is 0. The van der Waals surface area contributed by atoms with Crippen LogP contribution in [0.5, 0.6) is 5.75 Å². The Morgan fingerprint density at radius 3 is 2.56 bits per heavy atom. The summed E-state index contributed by atoms with van der Waals surface area (Å²) in [5.41, 5.74) is 6.99. The van der Waals surface area contributed by atoms with Crippen molar-refractivity contribution in [2.24, 2.45) is 10.7 Å². The van der Waals surface area contributed by atoms with Crippen molar-refractivity contribution in [1.29, 1.82) is 5.41 Å². The highest BCUT2D eigenvalue weighted by Crippen LogP contribution is 2.36. The molecule has 1 saturated heterocycles. The highest BCUT2D eigenvalue weighted by Gasteiger charge is 2.27. The van der Waals surface area contributed by atoms with Crippen molar-refractivity contribution in [2.45, 2.75) is 38.6 Å². The fraction of sp³-hybridized carbons (Fsp3) is 0.333. The normalized spacial score (nSPS) is 14.4. The van der Waals surface area contributed by atoms with Crippen LogP contribution in [0.4, 0.5) is 11.4 Å². The Hall–Kier alpha value is -4.74. The molecule has 206 valence electrons. The Balaban J connectivity index is 1.78. The quantitative estimate of drug-likeness (QED) is 0.154. The Kier molecular flexibility index (Phi) is 9.74. The predicted molar refractivity (Wildman–Crippen MR) is 148 cm³/mol. The number of hydrogen-bond acceptors (Lipinski definition) is 7. The molecule has 5 N–H and O–H groups in total. The lowest BCUT2D eigenvalue weighted by atomic mass is 10.0. The lowest BCUT2D eigenvalue weighted by molar-refractivity contribution is -0.385. The number of rotatable bonds is 10. The minimum atomic E-state index is -1.17. The molecule has 0 atom stereocenters. The van der Waals surface area contributed by atoms with Gasteiger partial charge in [-0.1, -0.05) is 36.4 Å². The van der Waals surface area contributed by atoms with E-state index in [1.807, 2.05) is 29.2 Å². The van der Waals surface area contributed by atoms with Gasteiger partial charge in [0.2, 0.25) is 5.91 Å². The molecule has 1 aliphatic heterocycles. The number of carboxylic acids is 1. The van der Waals surface area contributed by atoms with Gasteiger partial charge in [-0.3, -0.25) is 30.1 Å². The molecule has 0 aromatic heterocycles. The molecule has 12 nitrogen and oxygen atoms in total. The first-order valence-corrected chi connectivity index (χ1v) is 12.5. The third-order valence-electron chi connectivity index (χ3n) is 6.36. The largest absolute Gasteiger partial charge is 0.502 e. The first-order valence-electron chi connectivity index (χ1n) is 12.5. The summed E-state index contributed by atoms with van der Waals surface area (Å²) in [4.78, 5) is 42.4. The number of anilines is 1. The smallest absolute Gasteiger partial charge is 0.334 e. The van der Waals surface area contributed by atoms with Crippen molar-refractivity contribution in [2.75, 3.05) is 24.5 Å². The second-order valence-corrected chi connectivity index (χ2v) is 9.15. The molecule has 1 heterocycles. The predicted octanol–water partition coefficient (Wildman–Crippen LogP) is 3.38. The Labute approximate surface area is 225 Å². The van der Waals surface area contributed by atoms with Crippen LogP contribution in [-0.4, -0.2) is 69.3 Å². The lowest BCUT2D eigenvalue weighted by Gasteiger charge is -2.31. The average Bonchev–Trinajstić information content (AvgIpc) is 2.90. The molecule has 0 unspecified atom stereocenters. The number of para-hydroxylation sites is 1. The van der Waals surface area contributed by atoms with Crippen LogP contribution in [0.3, 0.4) is 0 Å². The molecule has 3 rings (SSSR count). The number of phenols is 1. The number of nitro groups is 1. The molecule has 0 radical (unpaired) electrons. The maximum atomic E-state index is 12.8. The number of likely N-dealkylation sites (tertiary alicyclic amines) is 1. The van der Waals surface area contributed by atoms with Crippen LogP contribution in [0.15, 0.2) is 53.5 Å². The average molecular weight is 537 g/mol. The molecule has 12 heteroatoms. The van der Waals surface area contributed by atoms with Gasteiger partial charge in [-0.2, -0.15) is 0 Å². The zero-order chi connectivity index (χ0) is 28.5. The number of nitrogens with one attached hydrogen (secondary N) is 1. The number of amides is 1. The van der Waals surface area contributed by atoms with Crippen LogP contribution >= 0.6 is 0 Å². The Bertz CT molecular complexity index is 1300. The number of aliphatic carboxylic acids is 1. The van der Waals surface area contributed by atoms with Gasteiger partial charge >= 0.3 is 11.7 Å². The van der Waals surface area contributed by atoms with Gasteiger partial charge in [0, 0.05) is 31.6 Å². The number of carbonyl (C=O) groups is 2. The SMILES string of the molecule is CC(=N)N1CCC(N=C(N)c2cccc(/C=C/CN(C(=O)CCC(=O)O)c3cccc(O)c3[N+](=O)[O-])c2)CC1. The van der Waals surface area contributed by atoms with E-state index >= 15 is 0 Å². The summed E-state index contributed by atoms with van der Waals surface area (Å²) in [5.74, 6) is -1.46. The lowest BCUT2D eigenvalue weighted by Crippen LogP contribution is -2.38. The fourth-order valence-corrected chi connectivity index (χ4v) is 4.31. The number of benzene rings is 2. The van der Waals surface area contributed by atoms with Gasteiger partial charge in [0.05, 0.1) is 23.2 Å². The van der Waals surface area contributed by atoms with Crippen LogP contribution in [0.25, 0.3) is 6.08 Å². The molecule has 0 saturated carbocycles. The zero-order valence-corrected chi connectivity index (χ0v) is 21.6. The summed E-state index contributed by atoms with van der Waals surface area (Å²) in [6.07, 6.45) is 4.15. The third-order valence-corrected chi connectivity index (χ3v) is 6.36. The molecule has 0 aliphatic carbocycles. The van der Waals surface area contributed by atoms with Crippen LogP contribution in [0, 0.1) is 15.5 Å². The maximum Gasteiger partial charge on any atom is 0.334 e. The molecule has 39 heavy (non-hydrogen) atoms. The van der Waals surface area contributed by atoms with Crippen molar-refractivity contribution < 1.29 is 24.7 Å². The van der Waals surface area contributed by atoms with Crippen LogP contribution in [0.1, 0.15) is 43.7 Å². The minimum absolute atomic E-state index is 0.0725. The van der Waals surface area contributed by atoms with E-state index in [1.165, 1.54) is 12.1 Å². The van der Waals surface area contributed by atoms with Gasteiger partial charge in [-0.15, -0.1) is 0 Å². The number of piperidine rings is 1. The standard InChI is InChI=1S/C27H32N6O6/c1-18(28)31-15-12-21(13-16-31)30-27(29)20-7-2-5-19(17-20)6-4-14-32(24(35)10-11-25(36)37)22-8-3-9-23(34)26(22)33(38)39/h2-9,17,21,28,34H,10-16H2,1H3,(H2,29,30)(H,36,37)/b6-4+,28-18?. The van der Waals surface area contributed by atoms with Gasteiger partial charge in [-0.05, 0) is 43.5 Å². The zero-order valence-electron chi connectivity index (χ0n) is 21.6. The van der Waals surface area contributed by atoms with E-state index in [2.05, 4.69) is 4.99 Å².